The molecular weight excluding hydrogens is 338 g/mol. The van der Waals surface area contributed by atoms with Crippen molar-refractivity contribution in [2.24, 2.45) is 0 Å². The van der Waals surface area contributed by atoms with E-state index in [0.717, 1.165) is 17.4 Å². The molecular formula is C11H8ClN3O4S2. The number of hydrogen-bond donors (Lipinski definition) is 2. The van der Waals surface area contributed by atoms with E-state index in [1.54, 1.807) is 0 Å². The molecule has 7 nitrogen and oxygen atoms in total. The molecule has 1 aromatic heterocycles. The van der Waals surface area contributed by atoms with Crippen molar-refractivity contribution in [3.8, 4) is 0 Å². The van der Waals surface area contributed by atoms with E-state index in [9.17, 15) is 13.2 Å². The fourth-order valence-corrected chi connectivity index (χ4v) is 3.64. The highest BCUT2D eigenvalue weighted by Crippen LogP contribution is 2.25. The van der Waals surface area contributed by atoms with Crippen LogP contribution in [0, 0.1) is 0 Å². The number of benzene rings is 1. The van der Waals surface area contributed by atoms with E-state index in [-0.39, 0.29) is 15.0 Å². The molecule has 0 bridgehead atoms. The minimum Gasteiger partial charge on any atom is -0.478 e. The topological polar surface area (TPSA) is 109 Å². The number of anilines is 1. The molecule has 1 heterocycles. The van der Waals surface area contributed by atoms with E-state index in [2.05, 4.69) is 14.9 Å². The van der Waals surface area contributed by atoms with Gasteiger partial charge in [0.2, 0.25) is 5.13 Å². The summed E-state index contributed by atoms with van der Waals surface area (Å²) < 4.78 is 26.5. The predicted octanol–water partition coefficient (Wildman–Crippen LogP) is 2.09. The zero-order valence-corrected chi connectivity index (χ0v) is 12.6. The molecule has 0 atom stereocenters. The van der Waals surface area contributed by atoms with Crippen LogP contribution in [0.3, 0.4) is 0 Å². The van der Waals surface area contributed by atoms with Gasteiger partial charge in [-0.2, -0.15) is 0 Å². The molecule has 2 aromatic rings. The summed E-state index contributed by atoms with van der Waals surface area (Å²) in [6.07, 6.45) is 2.24. The molecule has 0 unspecified atom stereocenters. The second-order valence-corrected chi connectivity index (χ2v) is 6.60. The minimum absolute atomic E-state index is 0.0282. The zero-order chi connectivity index (χ0) is 15.5. The number of carbonyl (C=O) groups is 1. The first-order valence-corrected chi connectivity index (χ1v) is 8.12. The molecule has 0 saturated heterocycles. The third-order valence-corrected chi connectivity index (χ3v) is 4.80. The summed E-state index contributed by atoms with van der Waals surface area (Å²) in [5.41, 5.74) is 1.86. The quantitative estimate of drug-likeness (QED) is 0.803. The van der Waals surface area contributed by atoms with Gasteiger partial charge in [-0.25, -0.2) is 13.2 Å². The Bertz CT molecular complexity index is 788. The Morgan fingerprint density at radius 2 is 2.19 bits per heavy atom. The first-order valence-electron chi connectivity index (χ1n) is 5.38. The number of nitrogens with one attached hydrogen (secondary N) is 1. The van der Waals surface area contributed by atoms with Crippen LogP contribution in [-0.4, -0.2) is 29.7 Å². The molecule has 10 heteroatoms. The highest BCUT2D eigenvalue weighted by atomic mass is 35.5. The number of carboxylic acid groups (broad SMARTS) is 1. The van der Waals surface area contributed by atoms with Gasteiger partial charge in [0, 0.05) is 6.08 Å². The Hall–Kier alpha value is -1.97. The molecule has 0 aliphatic carbocycles. The first kappa shape index (κ1) is 15.4. The number of rotatable bonds is 5. The summed E-state index contributed by atoms with van der Waals surface area (Å²) in [5.74, 6) is -1.11. The Balaban J connectivity index is 2.30. The van der Waals surface area contributed by atoms with Crippen LogP contribution in [0.2, 0.25) is 5.02 Å². The molecule has 0 spiro atoms. The average Bonchev–Trinajstić information content (AvgIpc) is 2.88. The van der Waals surface area contributed by atoms with Crippen molar-refractivity contribution in [2.75, 3.05) is 4.72 Å². The van der Waals surface area contributed by atoms with E-state index >= 15 is 0 Å². The lowest BCUT2D eigenvalue weighted by molar-refractivity contribution is -0.131. The Morgan fingerprint density at radius 3 is 2.76 bits per heavy atom. The third kappa shape index (κ3) is 4.00. The fourth-order valence-electron chi connectivity index (χ4n) is 1.39. The Morgan fingerprint density at radius 1 is 1.43 bits per heavy atom. The van der Waals surface area contributed by atoms with Crippen molar-refractivity contribution in [1.29, 1.82) is 0 Å². The molecule has 21 heavy (non-hydrogen) atoms. The molecule has 0 aliphatic rings. The van der Waals surface area contributed by atoms with Crippen molar-refractivity contribution in [2.45, 2.75) is 4.90 Å². The standard InChI is InChI=1S/C11H8ClN3O4S2/c12-8-5-7(2-4-10(16)17)1-3-9(8)21(18,19)15-11-14-13-6-20-11/h1-6H,(H,14,15)(H,16,17). The van der Waals surface area contributed by atoms with Crippen LogP contribution in [0.15, 0.2) is 34.7 Å². The van der Waals surface area contributed by atoms with Crippen molar-refractivity contribution in [3.05, 3.63) is 40.4 Å². The van der Waals surface area contributed by atoms with Crippen LogP contribution in [0.4, 0.5) is 5.13 Å². The first-order chi connectivity index (χ1) is 9.88. The maximum atomic E-state index is 12.1. The normalized spacial score (nSPS) is 11.7. The molecule has 0 saturated carbocycles. The van der Waals surface area contributed by atoms with E-state index in [0.29, 0.717) is 5.56 Å². The van der Waals surface area contributed by atoms with Crippen LogP contribution in [0.1, 0.15) is 5.56 Å². The molecule has 0 amide bonds. The minimum atomic E-state index is -3.88. The van der Waals surface area contributed by atoms with Crippen LogP contribution < -0.4 is 4.72 Å². The largest absolute Gasteiger partial charge is 0.478 e. The summed E-state index contributed by atoms with van der Waals surface area (Å²) in [6, 6.07) is 4.09. The lowest BCUT2D eigenvalue weighted by Gasteiger charge is -2.07. The van der Waals surface area contributed by atoms with Crippen molar-refractivity contribution in [3.63, 3.8) is 0 Å². The van der Waals surface area contributed by atoms with Gasteiger partial charge in [-0.3, -0.25) is 4.72 Å². The summed E-state index contributed by atoms with van der Waals surface area (Å²) in [6.45, 7) is 0. The SMILES string of the molecule is O=C(O)C=Cc1ccc(S(=O)(=O)Nc2nncs2)c(Cl)c1. The Kier molecular flexibility index (Phi) is 4.56. The molecule has 2 N–H and O–H groups in total. The van der Waals surface area contributed by atoms with Crippen molar-refractivity contribution >= 4 is 50.1 Å². The predicted molar refractivity (Wildman–Crippen MR) is 78.8 cm³/mol. The van der Waals surface area contributed by atoms with E-state index in [4.69, 9.17) is 16.7 Å². The summed E-state index contributed by atoms with van der Waals surface area (Å²) in [5, 5.41) is 15.7. The van der Waals surface area contributed by atoms with Crippen LogP contribution in [-0.2, 0) is 14.8 Å². The highest BCUT2D eigenvalue weighted by Gasteiger charge is 2.19. The molecule has 110 valence electrons. The van der Waals surface area contributed by atoms with Gasteiger partial charge >= 0.3 is 5.97 Å². The maximum Gasteiger partial charge on any atom is 0.328 e. The highest BCUT2D eigenvalue weighted by molar-refractivity contribution is 7.93. The lowest BCUT2D eigenvalue weighted by Crippen LogP contribution is -2.13. The Labute approximate surface area is 129 Å². The summed E-state index contributed by atoms with van der Waals surface area (Å²) >= 11 is 6.97. The van der Waals surface area contributed by atoms with Crippen molar-refractivity contribution in [1.82, 2.24) is 10.2 Å². The number of nitrogens with zero attached hydrogens (tertiary/aromatic N) is 2. The van der Waals surface area contributed by atoms with E-state index < -0.39 is 16.0 Å². The second-order valence-electron chi connectivity index (χ2n) is 3.71. The van der Waals surface area contributed by atoms with Gasteiger partial charge in [0.15, 0.2) is 0 Å². The molecule has 2 rings (SSSR count). The van der Waals surface area contributed by atoms with Gasteiger partial charge < -0.3 is 5.11 Å². The fraction of sp³-hybridized carbons (Fsp3) is 0. The van der Waals surface area contributed by atoms with E-state index in [1.165, 1.54) is 29.8 Å². The number of hydrogen-bond acceptors (Lipinski definition) is 6. The van der Waals surface area contributed by atoms with Crippen molar-refractivity contribution < 1.29 is 18.3 Å². The number of halogens is 1. The van der Waals surface area contributed by atoms with Gasteiger partial charge in [0.05, 0.1) is 5.02 Å². The van der Waals surface area contributed by atoms with Gasteiger partial charge in [0.25, 0.3) is 10.0 Å². The van der Waals surface area contributed by atoms with Gasteiger partial charge in [0.1, 0.15) is 10.4 Å². The molecule has 1 aromatic carbocycles. The van der Waals surface area contributed by atoms with Crippen LogP contribution in [0.5, 0.6) is 0 Å². The monoisotopic (exact) mass is 345 g/mol. The average molecular weight is 346 g/mol. The molecule has 0 radical (unpaired) electrons. The van der Waals surface area contributed by atoms with E-state index in [1.807, 2.05) is 0 Å². The number of aliphatic carboxylic acids is 1. The van der Waals surface area contributed by atoms with Gasteiger partial charge in [-0.05, 0) is 23.8 Å². The second kappa shape index (κ2) is 6.20. The van der Waals surface area contributed by atoms with Gasteiger partial charge in [-0.1, -0.05) is 29.0 Å². The summed E-state index contributed by atoms with van der Waals surface area (Å²) in [7, 11) is -3.88. The third-order valence-electron chi connectivity index (χ3n) is 2.25. The number of carboxylic acids is 1. The lowest BCUT2D eigenvalue weighted by atomic mass is 10.2. The van der Waals surface area contributed by atoms with Crippen LogP contribution in [0.25, 0.3) is 6.08 Å². The maximum absolute atomic E-state index is 12.1. The smallest absolute Gasteiger partial charge is 0.328 e. The summed E-state index contributed by atoms with van der Waals surface area (Å²) in [4.78, 5) is 10.3. The van der Waals surface area contributed by atoms with Gasteiger partial charge in [-0.15, -0.1) is 10.2 Å². The number of sulfonamides is 1. The van der Waals surface area contributed by atoms with Crippen LogP contribution >= 0.6 is 22.9 Å². The zero-order valence-electron chi connectivity index (χ0n) is 10.2. The molecule has 0 fully saturated rings. The molecule has 0 aliphatic heterocycles. The number of aromatic nitrogens is 2.